The van der Waals surface area contributed by atoms with Gasteiger partial charge in [-0.3, -0.25) is 14.4 Å². The molecule has 0 spiro atoms. The lowest BCUT2D eigenvalue weighted by atomic mass is 9.69. The molecule has 1 saturated heterocycles. The molecule has 0 aromatic carbocycles. The fourth-order valence-electron chi connectivity index (χ4n) is 5.22. The predicted octanol–water partition coefficient (Wildman–Crippen LogP) is 2.10. The largest absolute Gasteiger partial charge is 0.394 e. The summed E-state index contributed by atoms with van der Waals surface area (Å²) in [4.78, 5) is 41.5. The molecule has 0 unspecified atom stereocenters. The van der Waals surface area contributed by atoms with Crippen LogP contribution in [0.1, 0.15) is 59.8 Å². The number of aliphatic hydroxyl groups is 1. The Labute approximate surface area is 187 Å². The summed E-state index contributed by atoms with van der Waals surface area (Å²) in [6, 6.07) is -1.15. The van der Waals surface area contributed by atoms with Gasteiger partial charge in [0.25, 0.3) is 0 Å². The van der Waals surface area contributed by atoms with Crippen LogP contribution in [0.3, 0.4) is 0 Å². The Kier molecular flexibility index (Phi) is 9.54. The highest BCUT2D eigenvalue weighted by Crippen LogP contribution is 2.46. The topological polar surface area (TPSA) is 98.7 Å². The standard InChI is InChI=1S/C24H41N3O4/c1-6-9-10-13-26-23(30)21-17-12-11-16(8-3)19(22(29)25-5)20(17)24(31)27(21)18(14-28)15(4)7-2/h11-12,15-21,28H,6-10,13-14H2,1-5H3,(H,25,29)(H,26,30)/t15-,16+,17-,18-,19+,20-,21-/m0/s1. The van der Waals surface area contributed by atoms with Gasteiger partial charge in [0.05, 0.1) is 24.5 Å². The first-order valence-electron chi connectivity index (χ1n) is 12.0. The highest BCUT2D eigenvalue weighted by molar-refractivity contribution is 5.97. The van der Waals surface area contributed by atoms with Gasteiger partial charge in [-0.15, -0.1) is 0 Å². The Morgan fingerprint density at radius 3 is 2.42 bits per heavy atom. The molecule has 0 saturated carbocycles. The number of fused-ring (bicyclic) bond motifs is 1. The fraction of sp³-hybridized carbons (Fsp3) is 0.792. The van der Waals surface area contributed by atoms with E-state index in [1.165, 1.54) is 0 Å². The molecule has 1 heterocycles. The van der Waals surface area contributed by atoms with Crippen LogP contribution in [0, 0.1) is 29.6 Å². The van der Waals surface area contributed by atoms with Crippen molar-refractivity contribution in [2.24, 2.45) is 29.6 Å². The van der Waals surface area contributed by atoms with Crippen LogP contribution in [0.4, 0.5) is 0 Å². The van der Waals surface area contributed by atoms with Crippen molar-refractivity contribution in [3.05, 3.63) is 12.2 Å². The first-order valence-corrected chi connectivity index (χ1v) is 12.0. The van der Waals surface area contributed by atoms with Gasteiger partial charge in [0.1, 0.15) is 6.04 Å². The minimum absolute atomic E-state index is 0.0360. The maximum atomic E-state index is 13.8. The molecule has 0 aromatic heterocycles. The Hall–Kier alpha value is -1.89. The van der Waals surface area contributed by atoms with E-state index in [-0.39, 0.29) is 42.1 Å². The zero-order chi connectivity index (χ0) is 23.1. The molecular weight excluding hydrogens is 394 g/mol. The number of carbonyl (C=O) groups excluding carboxylic acids is 3. The first kappa shape index (κ1) is 25.4. The Morgan fingerprint density at radius 1 is 1.16 bits per heavy atom. The molecule has 0 bridgehead atoms. The SMILES string of the molecule is CCCCCNC(=O)[C@@H]1[C@H]2C=C[C@@H](CC)[C@@H](C(=O)NC)[C@H]2C(=O)N1[C@@H](CO)[C@@H](C)CC. The highest BCUT2D eigenvalue weighted by atomic mass is 16.3. The van der Waals surface area contributed by atoms with Crippen molar-refractivity contribution in [1.82, 2.24) is 15.5 Å². The molecule has 2 rings (SSSR count). The second-order valence-corrected chi connectivity index (χ2v) is 9.02. The number of likely N-dealkylation sites (tertiary alicyclic amines) is 1. The third-order valence-electron chi connectivity index (χ3n) is 7.26. The lowest BCUT2D eigenvalue weighted by molar-refractivity contribution is -0.144. The van der Waals surface area contributed by atoms with E-state index < -0.39 is 23.9 Å². The van der Waals surface area contributed by atoms with Crippen molar-refractivity contribution in [1.29, 1.82) is 0 Å². The van der Waals surface area contributed by atoms with Crippen LogP contribution in [0.15, 0.2) is 12.2 Å². The summed E-state index contributed by atoms with van der Waals surface area (Å²) in [6.07, 6.45) is 8.48. The zero-order valence-electron chi connectivity index (χ0n) is 19.8. The van der Waals surface area contributed by atoms with E-state index in [0.717, 1.165) is 32.1 Å². The van der Waals surface area contributed by atoms with Crippen molar-refractivity contribution in [2.75, 3.05) is 20.2 Å². The molecular formula is C24H41N3O4. The van der Waals surface area contributed by atoms with E-state index in [4.69, 9.17) is 0 Å². The molecule has 3 N–H and O–H groups in total. The van der Waals surface area contributed by atoms with Gasteiger partial charge in [0.2, 0.25) is 17.7 Å². The van der Waals surface area contributed by atoms with Crippen LogP contribution in [0.5, 0.6) is 0 Å². The summed E-state index contributed by atoms with van der Waals surface area (Å²) in [6.45, 7) is 8.49. The molecule has 7 atom stereocenters. The molecule has 2 aliphatic rings. The van der Waals surface area contributed by atoms with Crippen LogP contribution < -0.4 is 10.6 Å². The van der Waals surface area contributed by atoms with Gasteiger partial charge >= 0.3 is 0 Å². The highest BCUT2D eigenvalue weighted by Gasteiger charge is 2.58. The molecule has 176 valence electrons. The first-order chi connectivity index (χ1) is 14.9. The summed E-state index contributed by atoms with van der Waals surface area (Å²) < 4.78 is 0. The van der Waals surface area contributed by atoms with Crippen molar-refractivity contribution < 1.29 is 19.5 Å². The van der Waals surface area contributed by atoms with E-state index in [1.54, 1.807) is 11.9 Å². The van der Waals surface area contributed by atoms with E-state index in [0.29, 0.717) is 6.54 Å². The monoisotopic (exact) mass is 435 g/mol. The van der Waals surface area contributed by atoms with Crippen molar-refractivity contribution in [3.8, 4) is 0 Å². The van der Waals surface area contributed by atoms with Crippen LogP contribution in [0.2, 0.25) is 0 Å². The minimum atomic E-state index is -0.702. The number of amides is 3. The van der Waals surface area contributed by atoms with Crippen LogP contribution in [-0.2, 0) is 14.4 Å². The van der Waals surface area contributed by atoms with E-state index >= 15 is 0 Å². The van der Waals surface area contributed by atoms with Gasteiger partial charge in [-0.1, -0.05) is 59.1 Å². The molecule has 1 aliphatic heterocycles. The molecule has 7 nitrogen and oxygen atoms in total. The van der Waals surface area contributed by atoms with Crippen molar-refractivity contribution >= 4 is 17.7 Å². The number of nitrogens with one attached hydrogen (secondary N) is 2. The number of unbranched alkanes of at least 4 members (excludes halogenated alkanes) is 2. The quantitative estimate of drug-likeness (QED) is 0.342. The third kappa shape index (κ3) is 5.13. The van der Waals surface area contributed by atoms with Gasteiger partial charge in [-0.25, -0.2) is 0 Å². The predicted molar refractivity (Wildman–Crippen MR) is 121 cm³/mol. The average Bonchev–Trinajstić information content (AvgIpc) is 3.08. The third-order valence-corrected chi connectivity index (χ3v) is 7.26. The number of nitrogens with zero attached hydrogens (tertiary/aromatic N) is 1. The van der Waals surface area contributed by atoms with Crippen LogP contribution >= 0.6 is 0 Å². The number of carbonyl (C=O) groups is 3. The number of rotatable bonds is 11. The Morgan fingerprint density at radius 2 is 1.87 bits per heavy atom. The minimum Gasteiger partial charge on any atom is -0.394 e. The van der Waals surface area contributed by atoms with Gasteiger partial charge in [0, 0.05) is 19.5 Å². The second kappa shape index (κ2) is 11.7. The zero-order valence-corrected chi connectivity index (χ0v) is 19.8. The summed E-state index contributed by atoms with van der Waals surface area (Å²) in [5.41, 5.74) is 0. The normalized spacial score (nSPS) is 29.4. The van der Waals surface area contributed by atoms with E-state index in [2.05, 4.69) is 17.6 Å². The summed E-state index contributed by atoms with van der Waals surface area (Å²) in [5, 5.41) is 15.9. The van der Waals surface area contributed by atoms with Gasteiger partial charge < -0.3 is 20.6 Å². The van der Waals surface area contributed by atoms with Gasteiger partial charge in [-0.05, 0) is 24.7 Å². The molecule has 3 amide bonds. The maximum Gasteiger partial charge on any atom is 0.243 e. The maximum absolute atomic E-state index is 13.8. The lowest BCUT2D eigenvalue weighted by Crippen LogP contribution is -2.54. The van der Waals surface area contributed by atoms with Crippen molar-refractivity contribution in [3.63, 3.8) is 0 Å². The van der Waals surface area contributed by atoms with Crippen LogP contribution in [0.25, 0.3) is 0 Å². The number of hydrogen-bond acceptors (Lipinski definition) is 4. The summed E-state index contributed by atoms with van der Waals surface area (Å²) >= 11 is 0. The average molecular weight is 436 g/mol. The van der Waals surface area contributed by atoms with Crippen molar-refractivity contribution in [2.45, 2.75) is 71.9 Å². The Balaban J connectivity index is 2.45. The van der Waals surface area contributed by atoms with E-state index in [1.807, 2.05) is 32.9 Å². The number of allylic oxidation sites excluding steroid dienone is 1. The van der Waals surface area contributed by atoms with Gasteiger partial charge in [0.15, 0.2) is 0 Å². The smallest absolute Gasteiger partial charge is 0.243 e. The molecule has 31 heavy (non-hydrogen) atoms. The molecule has 0 aromatic rings. The molecule has 7 heteroatoms. The Bertz CT molecular complexity index is 665. The molecule has 1 aliphatic carbocycles. The van der Waals surface area contributed by atoms with E-state index in [9.17, 15) is 19.5 Å². The molecule has 1 fully saturated rings. The van der Waals surface area contributed by atoms with Crippen LogP contribution in [-0.4, -0.2) is 60.0 Å². The summed E-state index contributed by atoms with van der Waals surface area (Å²) in [5.74, 6) is -2.00. The molecule has 0 radical (unpaired) electrons. The van der Waals surface area contributed by atoms with Gasteiger partial charge in [-0.2, -0.15) is 0 Å². The summed E-state index contributed by atoms with van der Waals surface area (Å²) in [7, 11) is 1.59. The second-order valence-electron chi connectivity index (χ2n) is 9.02. The number of aliphatic hydroxyl groups excluding tert-OH is 1. The fourth-order valence-corrected chi connectivity index (χ4v) is 5.22. The number of hydrogen-bond donors (Lipinski definition) is 3. The lowest BCUT2D eigenvalue weighted by Gasteiger charge is -2.36.